The summed E-state index contributed by atoms with van der Waals surface area (Å²) in [5.41, 5.74) is -0.0465. The van der Waals surface area contributed by atoms with E-state index in [0.29, 0.717) is 17.1 Å². The van der Waals surface area contributed by atoms with Crippen LogP contribution in [0.25, 0.3) is 11.0 Å². The van der Waals surface area contributed by atoms with Gasteiger partial charge in [0.2, 0.25) is 0 Å². The highest BCUT2D eigenvalue weighted by atomic mass is 19.2. The van der Waals surface area contributed by atoms with Gasteiger partial charge in [-0.15, -0.1) is 0 Å². The lowest BCUT2D eigenvalue weighted by molar-refractivity contribution is 0.102. The minimum atomic E-state index is -1.69. The number of nitrogens with zero attached hydrogens (tertiary/aromatic N) is 4. The van der Waals surface area contributed by atoms with Crippen LogP contribution in [0.3, 0.4) is 0 Å². The molecule has 0 bridgehead atoms. The van der Waals surface area contributed by atoms with Crippen molar-refractivity contribution in [3.63, 3.8) is 0 Å². The first kappa shape index (κ1) is 17.3. The van der Waals surface area contributed by atoms with Crippen LogP contribution >= 0.6 is 0 Å². The van der Waals surface area contributed by atoms with Gasteiger partial charge in [0.1, 0.15) is 5.82 Å². The summed E-state index contributed by atoms with van der Waals surface area (Å²) in [4.78, 5) is 19.1. The van der Waals surface area contributed by atoms with Crippen molar-refractivity contribution in [3.8, 4) is 0 Å². The van der Waals surface area contributed by atoms with Gasteiger partial charge in [-0.3, -0.25) is 4.79 Å². The third kappa shape index (κ3) is 2.98. The molecule has 9 heteroatoms. The second kappa shape index (κ2) is 6.57. The summed E-state index contributed by atoms with van der Waals surface area (Å²) >= 11 is 0. The number of hydrogen-bond donors (Lipinski definition) is 1. The van der Waals surface area contributed by atoms with Crippen molar-refractivity contribution >= 4 is 28.6 Å². The van der Waals surface area contributed by atoms with Crippen molar-refractivity contribution in [2.45, 2.75) is 12.8 Å². The van der Waals surface area contributed by atoms with E-state index in [1.165, 1.54) is 4.68 Å². The Morgan fingerprint density at radius 3 is 2.56 bits per heavy atom. The number of carbonyl (C=O) groups is 1. The second-order valence-electron chi connectivity index (χ2n) is 6.38. The lowest BCUT2D eigenvalue weighted by Crippen LogP contribution is -2.18. The molecule has 1 fully saturated rings. The summed E-state index contributed by atoms with van der Waals surface area (Å²) in [6, 6.07) is 5.20. The van der Waals surface area contributed by atoms with Gasteiger partial charge in [0.05, 0.1) is 10.9 Å². The number of fused-ring (bicyclic) bond motifs is 1. The Balaban J connectivity index is 1.66. The average molecular weight is 375 g/mol. The fraction of sp³-hybridized carbons (Fsp3) is 0.278. The number of anilines is 2. The first-order valence-electron chi connectivity index (χ1n) is 8.49. The molecule has 140 valence electrons. The Kier molecular flexibility index (Phi) is 4.21. The van der Waals surface area contributed by atoms with Crippen molar-refractivity contribution in [1.82, 2.24) is 14.8 Å². The molecule has 0 unspecified atom stereocenters. The Hall–Kier alpha value is -3.10. The fourth-order valence-corrected chi connectivity index (χ4v) is 3.21. The fourth-order valence-electron chi connectivity index (χ4n) is 3.21. The lowest BCUT2D eigenvalue weighted by atomic mass is 10.2. The third-order valence-electron chi connectivity index (χ3n) is 4.61. The summed E-state index contributed by atoms with van der Waals surface area (Å²) < 4.78 is 41.8. The summed E-state index contributed by atoms with van der Waals surface area (Å²) in [6.45, 7) is 1.88. The highest BCUT2D eigenvalue weighted by Crippen LogP contribution is 2.26. The van der Waals surface area contributed by atoms with Crippen LogP contribution in [0.1, 0.15) is 23.2 Å². The van der Waals surface area contributed by atoms with Gasteiger partial charge < -0.3 is 10.2 Å². The number of aryl methyl sites for hydroxylation is 1. The molecule has 0 saturated carbocycles. The van der Waals surface area contributed by atoms with Gasteiger partial charge in [0, 0.05) is 20.1 Å². The van der Waals surface area contributed by atoms with Gasteiger partial charge in [0.15, 0.2) is 28.9 Å². The number of pyridine rings is 1. The molecule has 4 rings (SSSR count). The van der Waals surface area contributed by atoms with Gasteiger partial charge in [-0.1, -0.05) is 0 Å². The third-order valence-corrected chi connectivity index (χ3v) is 4.61. The van der Waals surface area contributed by atoms with E-state index in [2.05, 4.69) is 20.3 Å². The molecule has 0 spiro atoms. The second-order valence-corrected chi connectivity index (χ2v) is 6.38. The van der Waals surface area contributed by atoms with E-state index in [4.69, 9.17) is 0 Å². The molecule has 1 aliphatic heterocycles. The molecule has 1 amide bonds. The topological polar surface area (TPSA) is 63.1 Å². The molecule has 6 nitrogen and oxygen atoms in total. The predicted molar refractivity (Wildman–Crippen MR) is 94.2 cm³/mol. The van der Waals surface area contributed by atoms with Crippen molar-refractivity contribution < 1.29 is 18.0 Å². The van der Waals surface area contributed by atoms with E-state index < -0.39 is 28.9 Å². The van der Waals surface area contributed by atoms with Crippen molar-refractivity contribution in [2.75, 3.05) is 23.3 Å². The maximum absolute atomic E-state index is 13.8. The molecule has 0 atom stereocenters. The molecule has 1 aromatic carbocycles. The summed E-state index contributed by atoms with van der Waals surface area (Å²) in [5, 5.41) is 7.22. The van der Waals surface area contributed by atoms with Crippen LogP contribution in [-0.2, 0) is 7.05 Å². The molecule has 1 N–H and O–H groups in total. The molecule has 1 saturated heterocycles. The minimum absolute atomic E-state index is 0.169. The Morgan fingerprint density at radius 2 is 1.81 bits per heavy atom. The summed E-state index contributed by atoms with van der Waals surface area (Å²) in [7, 11) is 1.68. The monoisotopic (exact) mass is 375 g/mol. The zero-order valence-corrected chi connectivity index (χ0v) is 14.5. The molecule has 0 radical (unpaired) electrons. The largest absolute Gasteiger partial charge is 0.357 e. The Bertz CT molecular complexity index is 1040. The van der Waals surface area contributed by atoms with Crippen LogP contribution in [0.15, 0.2) is 24.3 Å². The SMILES string of the molecule is Cn1nc(NC(=O)c2ccc(F)c(F)c2F)c2ccc(N3CCCC3)nc21. The standard InChI is InChI=1S/C18H16F3N5O/c1-25-17-11(5-7-13(22-17)26-8-2-3-9-26)16(24-25)23-18(27)10-4-6-12(19)15(21)14(10)20/h4-7H,2-3,8-9H2,1H3,(H,23,24,27). The zero-order valence-electron chi connectivity index (χ0n) is 14.5. The van der Waals surface area contributed by atoms with Crippen LogP contribution in [0.4, 0.5) is 24.8 Å². The van der Waals surface area contributed by atoms with Crippen molar-refractivity contribution in [3.05, 3.63) is 47.3 Å². The van der Waals surface area contributed by atoms with E-state index in [1.54, 1.807) is 13.1 Å². The van der Waals surface area contributed by atoms with E-state index in [-0.39, 0.29) is 5.82 Å². The summed E-state index contributed by atoms with van der Waals surface area (Å²) in [5.74, 6) is -4.51. The zero-order chi connectivity index (χ0) is 19.1. The van der Waals surface area contributed by atoms with Crippen molar-refractivity contribution in [2.24, 2.45) is 7.05 Å². The molecule has 27 heavy (non-hydrogen) atoms. The van der Waals surface area contributed by atoms with Gasteiger partial charge in [0.25, 0.3) is 5.91 Å². The van der Waals surface area contributed by atoms with Gasteiger partial charge >= 0.3 is 0 Å². The number of nitrogens with one attached hydrogen (secondary N) is 1. The van der Waals surface area contributed by atoms with E-state index in [1.807, 2.05) is 6.07 Å². The maximum Gasteiger partial charge on any atom is 0.259 e. The number of benzene rings is 1. The van der Waals surface area contributed by atoms with Crippen LogP contribution in [0.2, 0.25) is 0 Å². The number of hydrogen-bond acceptors (Lipinski definition) is 4. The summed E-state index contributed by atoms with van der Waals surface area (Å²) in [6.07, 6.45) is 2.23. The van der Waals surface area contributed by atoms with Crippen LogP contribution < -0.4 is 10.2 Å². The van der Waals surface area contributed by atoms with E-state index in [9.17, 15) is 18.0 Å². The lowest BCUT2D eigenvalue weighted by Gasteiger charge is -2.15. The van der Waals surface area contributed by atoms with Gasteiger partial charge in [-0.25, -0.2) is 22.8 Å². The molecule has 3 aromatic rings. The predicted octanol–water partition coefficient (Wildman–Crippen LogP) is 3.24. The highest BCUT2D eigenvalue weighted by molar-refractivity contribution is 6.07. The molecule has 1 aliphatic rings. The number of rotatable bonds is 3. The Labute approximate surface area is 152 Å². The molecule has 2 aromatic heterocycles. The average Bonchev–Trinajstić information content (AvgIpc) is 3.29. The van der Waals surface area contributed by atoms with Crippen LogP contribution in [-0.4, -0.2) is 33.8 Å². The normalized spacial score (nSPS) is 14.1. The van der Waals surface area contributed by atoms with Crippen LogP contribution in [0.5, 0.6) is 0 Å². The quantitative estimate of drug-likeness (QED) is 0.714. The molecular weight excluding hydrogens is 359 g/mol. The first-order chi connectivity index (χ1) is 13.0. The first-order valence-corrected chi connectivity index (χ1v) is 8.49. The molecular formula is C18H16F3N5O. The molecule has 3 heterocycles. The highest BCUT2D eigenvalue weighted by Gasteiger charge is 2.22. The number of aromatic nitrogens is 3. The smallest absolute Gasteiger partial charge is 0.259 e. The minimum Gasteiger partial charge on any atom is -0.357 e. The number of carbonyl (C=O) groups excluding carboxylic acids is 1. The van der Waals surface area contributed by atoms with Gasteiger partial charge in [-0.2, -0.15) is 5.10 Å². The number of amides is 1. The maximum atomic E-state index is 13.8. The Morgan fingerprint density at radius 1 is 1.07 bits per heavy atom. The van der Waals surface area contributed by atoms with E-state index in [0.717, 1.165) is 37.8 Å². The molecule has 0 aliphatic carbocycles. The van der Waals surface area contributed by atoms with E-state index >= 15 is 0 Å². The number of halogens is 3. The van der Waals surface area contributed by atoms with Crippen LogP contribution in [0, 0.1) is 17.5 Å². The van der Waals surface area contributed by atoms with Gasteiger partial charge in [-0.05, 0) is 37.1 Å². The van der Waals surface area contributed by atoms with Crippen molar-refractivity contribution in [1.29, 1.82) is 0 Å².